The van der Waals surface area contributed by atoms with Gasteiger partial charge in [-0.25, -0.2) is 0 Å². The molecule has 1 unspecified atom stereocenters. The molecule has 5 heteroatoms. The Bertz CT molecular complexity index is 552. The van der Waals surface area contributed by atoms with Crippen LogP contribution < -0.4 is 10.5 Å². The van der Waals surface area contributed by atoms with E-state index in [-0.39, 0.29) is 6.10 Å². The highest BCUT2D eigenvalue weighted by molar-refractivity contribution is 5.30. The van der Waals surface area contributed by atoms with Crippen molar-refractivity contribution in [3.63, 3.8) is 0 Å². The Morgan fingerprint density at radius 2 is 1.57 bits per heavy atom. The fraction of sp³-hybridized carbons (Fsp3) is 0.250. The molecule has 2 rings (SSSR count). The van der Waals surface area contributed by atoms with Crippen molar-refractivity contribution in [1.29, 1.82) is 0 Å². The summed E-state index contributed by atoms with van der Waals surface area (Å²) in [6.07, 6.45) is -3.84. The lowest BCUT2D eigenvalue weighted by Crippen LogP contribution is -2.50. The fourth-order valence-electron chi connectivity index (χ4n) is 2.03. The smallest absolute Gasteiger partial charge is 0.416 e. The van der Waals surface area contributed by atoms with Crippen LogP contribution in [0.1, 0.15) is 23.7 Å². The van der Waals surface area contributed by atoms with Gasteiger partial charge in [-0.2, -0.15) is 13.2 Å². The summed E-state index contributed by atoms with van der Waals surface area (Å²) in [5, 5.41) is 0. The number of benzene rings is 2. The summed E-state index contributed by atoms with van der Waals surface area (Å²) in [4.78, 5) is 0. The Morgan fingerprint density at radius 1 is 0.952 bits per heavy atom. The van der Waals surface area contributed by atoms with Gasteiger partial charge in [0.05, 0.1) is 12.1 Å². The molecule has 112 valence electrons. The van der Waals surface area contributed by atoms with E-state index in [9.17, 15) is 13.2 Å². The second-order valence-electron chi connectivity index (χ2n) is 4.68. The van der Waals surface area contributed by atoms with E-state index in [0.717, 1.165) is 17.7 Å². The molecule has 0 spiro atoms. The zero-order valence-corrected chi connectivity index (χ0v) is 11.4. The molecular formula is C16H17F3NO+. The summed E-state index contributed by atoms with van der Waals surface area (Å²) in [6, 6.07) is 14.3. The first-order valence-corrected chi connectivity index (χ1v) is 6.69. The maximum atomic E-state index is 12.5. The van der Waals surface area contributed by atoms with Crippen molar-refractivity contribution in [1.82, 2.24) is 0 Å². The molecule has 0 aliphatic rings. The molecule has 0 saturated carbocycles. The average Bonchev–Trinajstić information content (AvgIpc) is 2.47. The van der Waals surface area contributed by atoms with Crippen LogP contribution in [0, 0.1) is 0 Å². The lowest BCUT2D eigenvalue weighted by Gasteiger charge is -2.18. The zero-order valence-electron chi connectivity index (χ0n) is 11.4. The zero-order chi connectivity index (χ0) is 15.3. The fourth-order valence-corrected chi connectivity index (χ4v) is 2.03. The Labute approximate surface area is 121 Å². The van der Waals surface area contributed by atoms with Crippen molar-refractivity contribution in [2.45, 2.75) is 18.7 Å². The Balaban J connectivity index is 2.14. The lowest BCUT2D eigenvalue weighted by molar-refractivity contribution is -0.370. The van der Waals surface area contributed by atoms with Gasteiger partial charge in [-0.3, -0.25) is 0 Å². The van der Waals surface area contributed by atoms with E-state index in [4.69, 9.17) is 4.74 Å². The first-order chi connectivity index (χ1) is 10.0. The topological polar surface area (TPSA) is 36.9 Å². The van der Waals surface area contributed by atoms with Gasteiger partial charge in [-0.15, -0.1) is 0 Å². The summed E-state index contributed by atoms with van der Waals surface area (Å²) >= 11 is 0. The molecule has 0 amide bonds. The van der Waals surface area contributed by atoms with E-state index in [1.807, 2.05) is 30.3 Å². The molecule has 0 aromatic heterocycles. The van der Waals surface area contributed by atoms with Crippen LogP contribution in [0.15, 0.2) is 54.6 Å². The highest BCUT2D eigenvalue weighted by Crippen LogP contribution is 2.31. The third kappa shape index (κ3) is 4.23. The standard InChI is InChI=1S/C16H16F3NO/c17-16(18,19)13-6-8-14(9-7-13)21-15(10-11-20)12-4-2-1-3-5-12/h1-9,15H,10-11,20H2/p+1. The predicted molar refractivity (Wildman–Crippen MR) is 73.6 cm³/mol. The van der Waals surface area contributed by atoms with Gasteiger partial charge in [0.15, 0.2) is 0 Å². The number of hydrogen-bond donors (Lipinski definition) is 1. The highest BCUT2D eigenvalue weighted by Gasteiger charge is 2.30. The second-order valence-corrected chi connectivity index (χ2v) is 4.68. The van der Waals surface area contributed by atoms with Gasteiger partial charge in [-0.1, -0.05) is 30.3 Å². The molecule has 1 atom stereocenters. The number of quaternary nitrogens is 1. The summed E-state index contributed by atoms with van der Waals surface area (Å²) in [7, 11) is 0. The molecule has 0 fully saturated rings. The van der Waals surface area contributed by atoms with E-state index in [1.165, 1.54) is 12.1 Å². The Morgan fingerprint density at radius 3 is 2.10 bits per heavy atom. The largest absolute Gasteiger partial charge is 0.486 e. The van der Waals surface area contributed by atoms with E-state index >= 15 is 0 Å². The van der Waals surface area contributed by atoms with Gasteiger partial charge in [0.1, 0.15) is 11.9 Å². The van der Waals surface area contributed by atoms with Crippen molar-refractivity contribution in [2.75, 3.05) is 6.54 Å². The molecule has 0 saturated heterocycles. The molecule has 0 heterocycles. The van der Waals surface area contributed by atoms with E-state index in [1.54, 1.807) is 0 Å². The molecule has 21 heavy (non-hydrogen) atoms. The quantitative estimate of drug-likeness (QED) is 0.901. The van der Waals surface area contributed by atoms with Crippen molar-refractivity contribution >= 4 is 0 Å². The van der Waals surface area contributed by atoms with Gasteiger partial charge in [0.25, 0.3) is 0 Å². The Hall–Kier alpha value is -2.01. The lowest BCUT2D eigenvalue weighted by atomic mass is 10.1. The van der Waals surface area contributed by atoms with Gasteiger partial charge in [0, 0.05) is 6.42 Å². The molecule has 0 radical (unpaired) electrons. The van der Waals surface area contributed by atoms with Crippen LogP contribution in [0.5, 0.6) is 5.75 Å². The minimum atomic E-state index is -4.33. The summed E-state index contributed by atoms with van der Waals surface area (Å²) < 4.78 is 43.4. The monoisotopic (exact) mass is 296 g/mol. The van der Waals surface area contributed by atoms with Gasteiger partial charge >= 0.3 is 6.18 Å². The van der Waals surface area contributed by atoms with Gasteiger partial charge in [0.2, 0.25) is 0 Å². The van der Waals surface area contributed by atoms with E-state index < -0.39 is 11.7 Å². The molecule has 0 aliphatic heterocycles. The normalized spacial score (nSPS) is 13.0. The van der Waals surface area contributed by atoms with Crippen LogP contribution in [-0.4, -0.2) is 6.54 Å². The predicted octanol–water partition coefficient (Wildman–Crippen LogP) is 3.46. The minimum absolute atomic E-state index is 0.208. The SMILES string of the molecule is [NH3+]CCC(Oc1ccc(C(F)(F)F)cc1)c1ccccc1. The van der Waals surface area contributed by atoms with Crippen LogP contribution in [0.4, 0.5) is 13.2 Å². The van der Waals surface area contributed by atoms with Crippen LogP contribution in [0.2, 0.25) is 0 Å². The number of hydrogen-bond acceptors (Lipinski definition) is 1. The van der Waals surface area contributed by atoms with Crippen molar-refractivity contribution in [3.8, 4) is 5.75 Å². The molecule has 0 bridgehead atoms. The first-order valence-electron chi connectivity index (χ1n) is 6.69. The van der Waals surface area contributed by atoms with Crippen LogP contribution in [0.3, 0.4) is 0 Å². The average molecular weight is 296 g/mol. The molecule has 2 aromatic carbocycles. The molecular weight excluding hydrogens is 279 g/mol. The minimum Gasteiger partial charge on any atom is -0.486 e. The summed E-state index contributed by atoms with van der Waals surface area (Å²) in [5.41, 5.74) is 4.12. The van der Waals surface area contributed by atoms with Gasteiger partial charge < -0.3 is 10.5 Å². The van der Waals surface area contributed by atoms with Gasteiger partial charge in [-0.05, 0) is 29.8 Å². The van der Waals surface area contributed by atoms with Crippen LogP contribution in [-0.2, 0) is 6.18 Å². The van der Waals surface area contributed by atoms with Crippen LogP contribution >= 0.6 is 0 Å². The molecule has 2 nitrogen and oxygen atoms in total. The number of ether oxygens (including phenoxy) is 1. The Kier molecular flexibility index (Phi) is 4.85. The maximum absolute atomic E-state index is 12.5. The van der Waals surface area contributed by atoms with Crippen molar-refractivity contribution in [2.24, 2.45) is 0 Å². The molecule has 3 N–H and O–H groups in total. The maximum Gasteiger partial charge on any atom is 0.416 e. The first kappa shape index (κ1) is 15.4. The second kappa shape index (κ2) is 6.63. The third-order valence-corrected chi connectivity index (χ3v) is 3.10. The van der Waals surface area contributed by atoms with Crippen molar-refractivity contribution in [3.05, 3.63) is 65.7 Å². The number of halogens is 3. The summed E-state index contributed by atoms with van der Waals surface area (Å²) in [6.45, 7) is 0.681. The van der Waals surface area contributed by atoms with Crippen molar-refractivity contribution < 1.29 is 23.6 Å². The number of rotatable bonds is 5. The summed E-state index contributed by atoms with van der Waals surface area (Å²) in [5.74, 6) is 0.422. The molecule has 2 aromatic rings. The van der Waals surface area contributed by atoms with Crippen LogP contribution in [0.25, 0.3) is 0 Å². The number of alkyl halides is 3. The van der Waals surface area contributed by atoms with E-state index in [2.05, 4.69) is 5.73 Å². The van der Waals surface area contributed by atoms with E-state index in [0.29, 0.717) is 18.7 Å². The highest BCUT2D eigenvalue weighted by atomic mass is 19.4. The molecule has 0 aliphatic carbocycles. The third-order valence-electron chi connectivity index (χ3n) is 3.10.